The predicted octanol–water partition coefficient (Wildman–Crippen LogP) is 4.39. The minimum absolute atomic E-state index is 0.165. The van der Waals surface area contributed by atoms with Gasteiger partial charge in [-0.3, -0.25) is 0 Å². The molecule has 2 fully saturated rings. The van der Waals surface area contributed by atoms with Crippen LogP contribution in [-0.2, 0) is 19.1 Å². The molecule has 2 aliphatic rings. The number of halogens is 1. The second-order valence-electron chi connectivity index (χ2n) is 7.01. The van der Waals surface area contributed by atoms with Crippen LogP contribution in [0.5, 0.6) is 11.5 Å². The molecule has 0 radical (unpaired) electrons. The summed E-state index contributed by atoms with van der Waals surface area (Å²) in [6, 6.07) is 3.55. The molecule has 0 atom stereocenters. The summed E-state index contributed by atoms with van der Waals surface area (Å²) in [4.78, 5) is 24.4. The van der Waals surface area contributed by atoms with E-state index in [4.69, 9.17) is 18.9 Å². The quantitative estimate of drug-likeness (QED) is 0.385. The molecule has 27 heavy (non-hydrogen) atoms. The molecule has 1 aromatic rings. The second kappa shape index (κ2) is 7.92. The molecule has 0 bridgehead atoms. The van der Waals surface area contributed by atoms with Crippen molar-refractivity contribution < 1.29 is 28.5 Å². The normalized spacial score (nSPS) is 19.5. The third-order valence-electron chi connectivity index (χ3n) is 4.38. The van der Waals surface area contributed by atoms with E-state index in [9.17, 15) is 9.59 Å². The number of carbonyl (C=O) groups is 2. The fourth-order valence-electron chi connectivity index (χ4n) is 3.14. The summed E-state index contributed by atoms with van der Waals surface area (Å²) in [7, 11) is 0. The lowest BCUT2D eigenvalue weighted by Crippen LogP contribution is -2.41. The smallest absolute Gasteiger partial charge is 0.348 e. The zero-order chi connectivity index (χ0) is 19.6. The van der Waals surface area contributed by atoms with Gasteiger partial charge < -0.3 is 18.9 Å². The van der Waals surface area contributed by atoms with Crippen molar-refractivity contribution in [2.45, 2.75) is 58.3 Å². The van der Waals surface area contributed by atoms with E-state index in [1.54, 1.807) is 12.1 Å². The van der Waals surface area contributed by atoms with Crippen molar-refractivity contribution in [3.05, 3.63) is 27.7 Å². The van der Waals surface area contributed by atoms with Crippen LogP contribution in [-0.4, -0.2) is 30.4 Å². The third-order valence-corrected chi connectivity index (χ3v) is 5.06. The average molecular weight is 439 g/mol. The molecule has 7 heteroatoms. The van der Waals surface area contributed by atoms with Crippen LogP contribution < -0.4 is 9.47 Å². The van der Waals surface area contributed by atoms with E-state index in [0.717, 1.165) is 12.8 Å². The van der Waals surface area contributed by atoms with Gasteiger partial charge in [-0.2, -0.15) is 0 Å². The first-order valence-electron chi connectivity index (χ1n) is 9.10. The van der Waals surface area contributed by atoms with E-state index in [-0.39, 0.29) is 11.7 Å². The lowest BCUT2D eigenvalue weighted by Gasteiger charge is -2.29. The highest BCUT2D eigenvalue weighted by Crippen LogP contribution is 2.38. The molecule has 1 aliphatic carbocycles. The summed E-state index contributed by atoms with van der Waals surface area (Å²) in [5, 5.41) is 0. The monoisotopic (exact) mass is 438 g/mol. The summed E-state index contributed by atoms with van der Waals surface area (Å²) in [5.41, 5.74) is 0.433. The summed E-state index contributed by atoms with van der Waals surface area (Å²) in [5.74, 6) is -1.48. The number of ether oxygens (including phenoxy) is 4. The SMILES string of the molecule is CCOc1cc(C=C2C(=O)OC(C)(C)OC2=O)c(Br)cc1OC1CCCC1. The van der Waals surface area contributed by atoms with E-state index in [2.05, 4.69) is 15.9 Å². The minimum Gasteiger partial charge on any atom is -0.490 e. The molecule has 1 heterocycles. The van der Waals surface area contributed by atoms with Gasteiger partial charge in [0.1, 0.15) is 5.57 Å². The van der Waals surface area contributed by atoms with Crippen molar-refractivity contribution in [1.29, 1.82) is 0 Å². The van der Waals surface area contributed by atoms with Crippen LogP contribution in [0, 0.1) is 0 Å². The van der Waals surface area contributed by atoms with Crippen LogP contribution in [0.2, 0.25) is 0 Å². The number of esters is 2. The highest BCUT2D eigenvalue weighted by atomic mass is 79.9. The third kappa shape index (κ3) is 4.64. The maximum atomic E-state index is 12.2. The van der Waals surface area contributed by atoms with Crippen molar-refractivity contribution in [1.82, 2.24) is 0 Å². The molecule has 1 aromatic carbocycles. The van der Waals surface area contributed by atoms with E-state index in [1.807, 2.05) is 6.92 Å². The molecule has 6 nitrogen and oxygen atoms in total. The van der Waals surface area contributed by atoms with Crippen molar-refractivity contribution in [2.75, 3.05) is 6.61 Å². The Labute approximate surface area is 166 Å². The largest absolute Gasteiger partial charge is 0.490 e. The Bertz CT molecular complexity index is 755. The van der Waals surface area contributed by atoms with Gasteiger partial charge in [0.25, 0.3) is 5.79 Å². The first kappa shape index (κ1) is 19.7. The topological polar surface area (TPSA) is 71.1 Å². The molecule has 146 valence electrons. The van der Waals surface area contributed by atoms with Crippen molar-refractivity contribution in [3.63, 3.8) is 0 Å². The zero-order valence-electron chi connectivity index (χ0n) is 15.7. The molecule has 1 aliphatic heterocycles. The Morgan fingerprint density at radius 1 is 1.15 bits per heavy atom. The molecule has 0 amide bonds. The van der Waals surface area contributed by atoms with Crippen LogP contribution in [0.3, 0.4) is 0 Å². The first-order chi connectivity index (χ1) is 12.8. The number of carbonyl (C=O) groups excluding carboxylic acids is 2. The van der Waals surface area contributed by atoms with E-state index in [1.165, 1.54) is 32.8 Å². The Morgan fingerprint density at radius 3 is 2.37 bits per heavy atom. The molecule has 1 saturated carbocycles. The molecule has 0 N–H and O–H groups in total. The van der Waals surface area contributed by atoms with E-state index >= 15 is 0 Å². The van der Waals surface area contributed by atoms with E-state index < -0.39 is 17.7 Å². The standard InChI is InChI=1S/C20H23BrO6/c1-4-24-16-10-12(9-14-18(22)26-20(2,3)27-19(14)23)15(21)11-17(16)25-13-7-5-6-8-13/h9-11,13H,4-8H2,1-3H3. The van der Waals surface area contributed by atoms with Crippen LogP contribution in [0.15, 0.2) is 22.2 Å². The van der Waals surface area contributed by atoms with Gasteiger partial charge >= 0.3 is 11.9 Å². The van der Waals surface area contributed by atoms with Gasteiger partial charge in [0.2, 0.25) is 0 Å². The highest BCUT2D eigenvalue weighted by molar-refractivity contribution is 9.10. The maximum absolute atomic E-state index is 12.2. The molecule has 0 unspecified atom stereocenters. The molecule has 0 aromatic heterocycles. The summed E-state index contributed by atoms with van der Waals surface area (Å²) in [6.45, 7) is 5.38. The molecule has 1 saturated heterocycles. The Morgan fingerprint density at radius 2 is 1.78 bits per heavy atom. The van der Waals surface area contributed by atoms with Gasteiger partial charge in [-0.15, -0.1) is 0 Å². The number of hydrogen-bond acceptors (Lipinski definition) is 6. The lowest BCUT2D eigenvalue weighted by molar-refractivity contribution is -0.222. The maximum Gasteiger partial charge on any atom is 0.348 e. The Hall–Kier alpha value is -2.02. The molecule has 3 rings (SSSR count). The average Bonchev–Trinajstić information content (AvgIpc) is 3.06. The second-order valence-corrected chi connectivity index (χ2v) is 7.87. The summed E-state index contributed by atoms with van der Waals surface area (Å²) < 4.78 is 22.8. The van der Waals surface area contributed by atoms with Crippen molar-refractivity contribution >= 4 is 33.9 Å². The van der Waals surface area contributed by atoms with E-state index in [0.29, 0.717) is 28.1 Å². The fourth-order valence-corrected chi connectivity index (χ4v) is 3.58. The minimum atomic E-state index is -1.27. The highest BCUT2D eigenvalue weighted by Gasteiger charge is 2.39. The van der Waals surface area contributed by atoms with Gasteiger partial charge in [0.05, 0.1) is 12.7 Å². The van der Waals surface area contributed by atoms with Crippen LogP contribution >= 0.6 is 15.9 Å². The molecule has 0 spiro atoms. The first-order valence-corrected chi connectivity index (χ1v) is 9.90. The van der Waals surface area contributed by atoms with Crippen molar-refractivity contribution in [2.24, 2.45) is 0 Å². The van der Waals surface area contributed by atoms with Crippen LogP contribution in [0.4, 0.5) is 0 Å². The van der Waals surface area contributed by atoms with Crippen LogP contribution in [0.25, 0.3) is 6.08 Å². The Kier molecular flexibility index (Phi) is 5.79. The lowest BCUT2D eigenvalue weighted by atomic mass is 10.1. The van der Waals surface area contributed by atoms with Crippen LogP contribution in [0.1, 0.15) is 52.0 Å². The number of cyclic esters (lactones) is 2. The van der Waals surface area contributed by atoms with Gasteiger partial charge in [-0.25, -0.2) is 9.59 Å². The zero-order valence-corrected chi connectivity index (χ0v) is 17.3. The predicted molar refractivity (Wildman–Crippen MR) is 102 cm³/mol. The van der Waals surface area contributed by atoms with Gasteiger partial charge in [-0.1, -0.05) is 15.9 Å². The van der Waals surface area contributed by atoms with Crippen molar-refractivity contribution in [3.8, 4) is 11.5 Å². The fraction of sp³-hybridized carbons (Fsp3) is 0.500. The Balaban J connectivity index is 1.92. The van der Waals surface area contributed by atoms with Gasteiger partial charge in [-0.05, 0) is 56.4 Å². The number of hydrogen-bond donors (Lipinski definition) is 0. The summed E-state index contributed by atoms with van der Waals surface area (Å²) >= 11 is 3.49. The van der Waals surface area contributed by atoms with Gasteiger partial charge in [0, 0.05) is 18.3 Å². The molecular weight excluding hydrogens is 416 g/mol. The van der Waals surface area contributed by atoms with Gasteiger partial charge in [0.15, 0.2) is 11.5 Å². The molecular formula is C20H23BrO6. The number of rotatable bonds is 5. The number of benzene rings is 1. The summed E-state index contributed by atoms with van der Waals surface area (Å²) in [6.07, 6.45) is 6.02.